The molecule has 0 saturated heterocycles. The monoisotopic (exact) mass is 370 g/mol. The zero-order valence-electron chi connectivity index (χ0n) is 14.3. The van der Waals surface area contributed by atoms with E-state index in [-0.39, 0.29) is 24.4 Å². The normalized spacial score (nSPS) is 17.6. The van der Waals surface area contributed by atoms with Crippen molar-refractivity contribution in [3.05, 3.63) is 46.7 Å². The molecule has 0 aliphatic carbocycles. The van der Waals surface area contributed by atoms with Gasteiger partial charge in [-0.3, -0.25) is 0 Å². The topological polar surface area (TPSA) is 50.8 Å². The third-order valence-electron chi connectivity index (χ3n) is 3.94. The maximum absolute atomic E-state index is 14.3. The van der Waals surface area contributed by atoms with Crippen LogP contribution < -0.4 is 5.32 Å². The van der Waals surface area contributed by atoms with Crippen LogP contribution in [0, 0.1) is 11.6 Å². The summed E-state index contributed by atoms with van der Waals surface area (Å²) in [7, 11) is 1.48. The Morgan fingerprint density at radius 2 is 1.96 bits per heavy atom. The number of carbonyl (C=O) groups excluding carboxylic acids is 1. The average Bonchev–Trinajstić information content (AvgIpc) is 2.55. The lowest BCUT2D eigenvalue weighted by atomic mass is 9.94. The van der Waals surface area contributed by atoms with Crippen LogP contribution >= 0.6 is 12.2 Å². The smallest absolute Gasteiger partial charge is 0.338 e. The molecule has 1 aromatic rings. The van der Waals surface area contributed by atoms with Crippen LogP contribution in [-0.4, -0.2) is 42.8 Å². The van der Waals surface area contributed by atoms with E-state index in [1.165, 1.54) is 13.2 Å². The van der Waals surface area contributed by atoms with Crippen molar-refractivity contribution in [2.75, 3.05) is 26.9 Å². The first-order valence-corrected chi connectivity index (χ1v) is 8.21. The molecule has 1 N–H and O–H groups in total. The molecular formula is C17H20F2N2O3S. The zero-order valence-corrected chi connectivity index (χ0v) is 15.1. The van der Waals surface area contributed by atoms with Gasteiger partial charge in [-0.05, 0) is 38.2 Å². The van der Waals surface area contributed by atoms with Crippen molar-refractivity contribution in [3.63, 3.8) is 0 Å². The Balaban J connectivity index is 2.50. The quantitative estimate of drug-likeness (QED) is 0.472. The Morgan fingerprint density at radius 1 is 1.32 bits per heavy atom. The van der Waals surface area contributed by atoms with Gasteiger partial charge >= 0.3 is 5.97 Å². The highest BCUT2D eigenvalue weighted by Crippen LogP contribution is 2.33. The summed E-state index contributed by atoms with van der Waals surface area (Å²) in [5.74, 6) is -2.20. The summed E-state index contributed by atoms with van der Waals surface area (Å²) in [5, 5.41) is 3.15. The predicted octanol–water partition coefficient (Wildman–Crippen LogP) is 2.68. The van der Waals surface area contributed by atoms with Crippen LogP contribution in [0.15, 0.2) is 29.5 Å². The number of ether oxygens (including phenoxy) is 2. The van der Waals surface area contributed by atoms with Gasteiger partial charge in [0.05, 0.1) is 23.8 Å². The van der Waals surface area contributed by atoms with Gasteiger partial charge in [-0.15, -0.1) is 0 Å². The van der Waals surface area contributed by atoms with Crippen molar-refractivity contribution in [1.82, 2.24) is 10.2 Å². The third kappa shape index (κ3) is 3.96. The lowest BCUT2D eigenvalue weighted by Gasteiger charge is -2.37. The second-order valence-electron chi connectivity index (χ2n) is 5.39. The first kappa shape index (κ1) is 19.3. The van der Waals surface area contributed by atoms with Gasteiger partial charge in [0.25, 0.3) is 0 Å². The maximum Gasteiger partial charge on any atom is 0.338 e. The van der Waals surface area contributed by atoms with E-state index >= 15 is 0 Å². The van der Waals surface area contributed by atoms with Crippen LogP contribution in [0.5, 0.6) is 0 Å². The number of carbonyl (C=O) groups is 1. The summed E-state index contributed by atoms with van der Waals surface area (Å²) in [6.07, 6.45) is 0. The Bertz CT molecular complexity index is 689. The molecule has 0 unspecified atom stereocenters. The highest BCUT2D eigenvalue weighted by molar-refractivity contribution is 7.80. The van der Waals surface area contributed by atoms with Gasteiger partial charge in [0.2, 0.25) is 0 Å². The molecule has 136 valence electrons. The minimum absolute atomic E-state index is 0.0369. The maximum atomic E-state index is 14.3. The molecule has 1 aromatic carbocycles. The largest absolute Gasteiger partial charge is 0.460 e. The molecular weight excluding hydrogens is 350 g/mol. The molecule has 1 aliphatic heterocycles. The van der Waals surface area contributed by atoms with E-state index in [2.05, 4.69) is 5.32 Å². The van der Waals surface area contributed by atoms with Crippen LogP contribution in [0.1, 0.15) is 25.5 Å². The molecule has 0 aromatic heterocycles. The first-order chi connectivity index (χ1) is 11.9. The molecule has 2 rings (SSSR count). The number of hydrogen-bond donors (Lipinski definition) is 1. The number of thiocarbonyl (C=S) groups is 1. The molecule has 1 aliphatic rings. The van der Waals surface area contributed by atoms with Crippen molar-refractivity contribution in [3.8, 4) is 0 Å². The van der Waals surface area contributed by atoms with E-state index in [1.54, 1.807) is 11.8 Å². The number of benzene rings is 1. The molecule has 5 nitrogen and oxygen atoms in total. The molecule has 0 radical (unpaired) electrons. The molecule has 0 fully saturated rings. The van der Waals surface area contributed by atoms with Crippen molar-refractivity contribution in [2.45, 2.75) is 19.9 Å². The van der Waals surface area contributed by atoms with E-state index in [0.29, 0.717) is 17.4 Å². The molecule has 25 heavy (non-hydrogen) atoms. The molecule has 8 heteroatoms. The number of halogens is 2. The van der Waals surface area contributed by atoms with Crippen molar-refractivity contribution >= 4 is 23.3 Å². The minimum atomic E-state index is -1.06. The van der Waals surface area contributed by atoms with Crippen molar-refractivity contribution in [2.24, 2.45) is 0 Å². The van der Waals surface area contributed by atoms with Crippen LogP contribution in [0.2, 0.25) is 0 Å². The Hall–Kier alpha value is -2.06. The van der Waals surface area contributed by atoms with Crippen LogP contribution in [0.25, 0.3) is 0 Å². The summed E-state index contributed by atoms with van der Waals surface area (Å²) >= 11 is 5.28. The summed E-state index contributed by atoms with van der Waals surface area (Å²) in [5.41, 5.74) is 0.357. The van der Waals surface area contributed by atoms with Crippen molar-refractivity contribution < 1.29 is 23.0 Å². The number of nitrogens with one attached hydrogen (secondary N) is 1. The summed E-state index contributed by atoms with van der Waals surface area (Å²) in [6.45, 7) is 4.29. The van der Waals surface area contributed by atoms with Crippen molar-refractivity contribution in [1.29, 1.82) is 0 Å². The van der Waals surface area contributed by atoms with Gasteiger partial charge < -0.3 is 19.7 Å². The SMILES string of the molecule is CCN1C(=S)N[C@@H](c2c(F)cccc2F)C(C(=O)OCCOC)=C1C. The van der Waals surface area contributed by atoms with Gasteiger partial charge in [-0.25, -0.2) is 13.6 Å². The zero-order chi connectivity index (χ0) is 18.6. The van der Waals surface area contributed by atoms with E-state index < -0.39 is 23.6 Å². The minimum Gasteiger partial charge on any atom is -0.460 e. The number of rotatable bonds is 6. The van der Waals surface area contributed by atoms with E-state index in [9.17, 15) is 13.6 Å². The molecule has 0 saturated carbocycles. The van der Waals surface area contributed by atoms with Gasteiger partial charge in [-0.2, -0.15) is 0 Å². The summed E-state index contributed by atoms with van der Waals surface area (Å²) in [4.78, 5) is 14.2. The third-order valence-corrected chi connectivity index (χ3v) is 4.28. The standard InChI is InChI=1S/C17H20F2N2O3S/c1-4-21-10(2)13(16(22)24-9-8-23-3)15(20-17(21)25)14-11(18)6-5-7-12(14)19/h5-7,15H,4,8-9H2,1-3H3,(H,20,25)/t15-/m1/s1. The molecule has 0 spiro atoms. The Kier molecular flexibility index (Phi) is 6.44. The fourth-order valence-corrected chi connectivity index (χ4v) is 3.11. The van der Waals surface area contributed by atoms with Crippen LogP contribution in [-0.2, 0) is 14.3 Å². The predicted molar refractivity (Wildman–Crippen MR) is 92.7 cm³/mol. The van der Waals surface area contributed by atoms with E-state index in [4.69, 9.17) is 21.7 Å². The number of nitrogens with zero attached hydrogens (tertiary/aromatic N) is 1. The van der Waals surface area contributed by atoms with Gasteiger partial charge in [-0.1, -0.05) is 6.07 Å². The molecule has 1 heterocycles. The number of hydrogen-bond acceptors (Lipinski definition) is 4. The van der Waals surface area contributed by atoms with Gasteiger partial charge in [0, 0.05) is 19.4 Å². The summed E-state index contributed by atoms with van der Waals surface area (Å²) < 4.78 is 38.6. The van der Waals surface area contributed by atoms with Gasteiger partial charge in [0.1, 0.15) is 18.2 Å². The molecule has 0 amide bonds. The number of allylic oxidation sites excluding steroid dienone is 1. The van der Waals surface area contributed by atoms with Gasteiger partial charge in [0.15, 0.2) is 5.11 Å². The average molecular weight is 370 g/mol. The number of esters is 1. The Labute approximate surface area is 150 Å². The Morgan fingerprint density at radius 3 is 2.52 bits per heavy atom. The molecule has 1 atom stereocenters. The van der Waals surface area contributed by atoms with E-state index in [0.717, 1.165) is 12.1 Å². The highest BCUT2D eigenvalue weighted by atomic mass is 32.1. The van der Waals surface area contributed by atoms with E-state index in [1.807, 2.05) is 6.92 Å². The van der Waals surface area contributed by atoms with Crippen LogP contribution in [0.4, 0.5) is 8.78 Å². The lowest BCUT2D eigenvalue weighted by molar-refractivity contribution is -0.140. The highest BCUT2D eigenvalue weighted by Gasteiger charge is 2.37. The summed E-state index contributed by atoms with van der Waals surface area (Å²) in [6, 6.07) is 2.48. The fourth-order valence-electron chi connectivity index (χ4n) is 2.72. The molecule has 0 bridgehead atoms. The fraction of sp³-hybridized carbons (Fsp3) is 0.412. The second kappa shape index (κ2) is 8.35. The second-order valence-corrected chi connectivity index (χ2v) is 5.78. The van der Waals surface area contributed by atoms with Crippen LogP contribution in [0.3, 0.4) is 0 Å². The lowest BCUT2D eigenvalue weighted by Crippen LogP contribution is -2.48. The first-order valence-electron chi connectivity index (χ1n) is 7.81. The number of methoxy groups -OCH3 is 1.